The van der Waals surface area contributed by atoms with E-state index in [1.165, 1.54) is 11.3 Å². The molecule has 0 aliphatic rings. The van der Waals surface area contributed by atoms with E-state index in [-0.39, 0.29) is 11.5 Å². The summed E-state index contributed by atoms with van der Waals surface area (Å²) < 4.78 is 3.52. The molecule has 0 N–H and O–H groups in total. The zero-order valence-corrected chi connectivity index (χ0v) is 17.6. The second-order valence-corrected chi connectivity index (χ2v) is 8.76. The van der Waals surface area contributed by atoms with E-state index in [0.717, 1.165) is 33.6 Å². The van der Waals surface area contributed by atoms with Gasteiger partial charge < -0.3 is 0 Å². The molecule has 1 atom stereocenters. The number of pyridine rings is 1. The van der Waals surface area contributed by atoms with Crippen molar-refractivity contribution in [3.8, 4) is 10.3 Å². The quantitative estimate of drug-likeness (QED) is 0.471. The van der Waals surface area contributed by atoms with Crippen LogP contribution >= 0.6 is 22.7 Å². The number of rotatable bonds is 6. The van der Waals surface area contributed by atoms with Gasteiger partial charge in [-0.2, -0.15) is 0 Å². The largest absolute Gasteiger partial charge is 0.282 e. The highest BCUT2D eigenvalue weighted by atomic mass is 32.1. The Kier molecular flexibility index (Phi) is 5.23. The fraction of sp³-hybridized carbons (Fsp3) is 0.300. The zero-order valence-electron chi connectivity index (χ0n) is 15.9. The van der Waals surface area contributed by atoms with Crippen LogP contribution in [0, 0.1) is 0 Å². The molecule has 0 saturated heterocycles. The third-order valence-electron chi connectivity index (χ3n) is 4.57. The molecule has 0 aromatic carbocycles. The highest BCUT2D eigenvalue weighted by Crippen LogP contribution is 2.24. The number of thiazole rings is 2. The average Bonchev–Trinajstić information content (AvgIpc) is 3.41. The molecule has 4 rings (SSSR count). The summed E-state index contributed by atoms with van der Waals surface area (Å²) in [4.78, 5) is 25.9. The van der Waals surface area contributed by atoms with Gasteiger partial charge in [0, 0.05) is 41.3 Å². The van der Waals surface area contributed by atoms with Gasteiger partial charge in [0.1, 0.15) is 6.33 Å². The van der Waals surface area contributed by atoms with Crippen LogP contribution in [0.15, 0.2) is 52.6 Å². The predicted octanol–water partition coefficient (Wildman–Crippen LogP) is 4.41. The number of imidazole rings is 1. The number of nitrogens with zero attached hydrogens (tertiary/aromatic N) is 5. The van der Waals surface area contributed by atoms with Crippen molar-refractivity contribution in [2.45, 2.75) is 39.0 Å². The fourth-order valence-corrected chi connectivity index (χ4v) is 4.78. The Hall–Kier alpha value is -2.58. The minimum atomic E-state index is -0.0493. The third-order valence-corrected chi connectivity index (χ3v) is 6.30. The van der Waals surface area contributed by atoms with Gasteiger partial charge in [0.25, 0.3) is 5.56 Å². The maximum atomic E-state index is 12.6. The summed E-state index contributed by atoms with van der Waals surface area (Å²) in [5, 5.41) is 5.71. The molecule has 0 radical (unpaired) electrons. The van der Waals surface area contributed by atoms with E-state index in [1.54, 1.807) is 34.5 Å². The molecule has 0 amide bonds. The monoisotopic (exact) mass is 411 g/mol. The van der Waals surface area contributed by atoms with Gasteiger partial charge >= 0.3 is 0 Å². The van der Waals surface area contributed by atoms with Crippen molar-refractivity contribution in [1.29, 1.82) is 0 Å². The predicted molar refractivity (Wildman–Crippen MR) is 113 cm³/mol. The fourth-order valence-electron chi connectivity index (χ4n) is 2.91. The summed E-state index contributed by atoms with van der Waals surface area (Å²) in [5.74, 6) is 0.572. The number of aromatic nitrogens is 5. The lowest BCUT2D eigenvalue weighted by molar-refractivity contribution is 0.730. The Morgan fingerprint density at radius 2 is 1.79 bits per heavy atom. The van der Waals surface area contributed by atoms with Crippen LogP contribution in [-0.2, 0) is 6.42 Å². The molecule has 0 aliphatic heterocycles. The van der Waals surface area contributed by atoms with Crippen molar-refractivity contribution in [3.05, 3.63) is 75.1 Å². The summed E-state index contributed by atoms with van der Waals surface area (Å²) in [6.07, 6.45) is 7.96. The van der Waals surface area contributed by atoms with Gasteiger partial charge in [0.2, 0.25) is 0 Å². The minimum absolute atomic E-state index is 0.0493. The maximum Gasteiger partial charge on any atom is 0.257 e. The molecular weight excluding hydrogens is 390 g/mol. The van der Waals surface area contributed by atoms with E-state index in [9.17, 15) is 4.79 Å². The first-order valence-electron chi connectivity index (χ1n) is 9.12. The molecule has 4 aromatic heterocycles. The van der Waals surface area contributed by atoms with Crippen molar-refractivity contribution in [1.82, 2.24) is 24.1 Å². The van der Waals surface area contributed by atoms with Crippen LogP contribution in [0.2, 0.25) is 0 Å². The van der Waals surface area contributed by atoms with Crippen LogP contribution in [0.5, 0.6) is 0 Å². The SMILES string of the molecule is CC(C)c1csc(-n2ccc(CC(C)c3csc(-n4ccnc4)n3)cc2=O)n1. The van der Waals surface area contributed by atoms with Crippen LogP contribution in [0.4, 0.5) is 0 Å². The van der Waals surface area contributed by atoms with Crippen LogP contribution in [-0.4, -0.2) is 24.1 Å². The highest BCUT2D eigenvalue weighted by molar-refractivity contribution is 7.12. The summed E-state index contributed by atoms with van der Waals surface area (Å²) >= 11 is 3.09. The highest BCUT2D eigenvalue weighted by Gasteiger charge is 2.14. The van der Waals surface area contributed by atoms with Crippen LogP contribution in [0.1, 0.15) is 49.6 Å². The molecule has 6 nitrogen and oxygen atoms in total. The summed E-state index contributed by atoms with van der Waals surface area (Å²) in [5.41, 5.74) is 3.00. The first-order chi connectivity index (χ1) is 13.5. The van der Waals surface area contributed by atoms with Crippen molar-refractivity contribution < 1.29 is 0 Å². The normalized spacial score (nSPS) is 12.6. The minimum Gasteiger partial charge on any atom is -0.282 e. The van der Waals surface area contributed by atoms with Crippen molar-refractivity contribution in [2.75, 3.05) is 0 Å². The number of hydrogen-bond donors (Lipinski definition) is 0. The van der Waals surface area contributed by atoms with Crippen molar-refractivity contribution in [2.24, 2.45) is 0 Å². The lowest BCUT2D eigenvalue weighted by Crippen LogP contribution is -2.17. The standard InChI is InChI=1S/C20H21N5OS2/c1-13(2)16-10-28-20(22-16)25-6-4-15(9-18(25)26)8-14(3)17-11-27-19(23-17)24-7-5-21-12-24/h4-7,9-14H,8H2,1-3H3. The zero-order chi connectivity index (χ0) is 19.7. The Labute approximate surface area is 171 Å². The summed E-state index contributed by atoms with van der Waals surface area (Å²) in [6.45, 7) is 6.33. The second kappa shape index (κ2) is 7.81. The topological polar surface area (TPSA) is 65.6 Å². The van der Waals surface area contributed by atoms with E-state index in [4.69, 9.17) is 4.98 Å². The molecule has 4 heterocycles. The molecule has 8 heteroatoms. The van der Waals surface area contributed by atoms with E-state index < -0.39 is 0 Å². The Morgan fingerprint density at radius 1 is 1.04 bits per heavy atom. The van der Waals surface area contributed by atoms with Gasteiger partial charge in [-0.25, -0.2) is 15.0 Å². The first-order valence-corrected chi connectivity index (χ1v) is 10.9. The van der Waals surface area contributed by atoms with Gasteiger partial charge in [-0.05, 0) is 24.0 Å². The Morgan fingerprint density at radius 3 is 2.46 bits per heavy atom. The Balaban J connectivity index is 1.50. The van der Waals surface area contributed by atoms with Crippen LogP contribution < -0.4 is 5.56 Å². The van der Waals surface area contributed by atoms with E-state index in [1.807, 2.05) is 28.4 Å². The lowest BCUT2D eigenvalue weighted by atomic mass is 10.00. The lowest BCUT2D eigenvalue weighted by Gasteiger charge is -2.09. The van der Waals surface area contributed by atoms with Crippen molar-refractivity contribution >= 4 is 22.7 Å². The molecule has 1 unspecified atom stereocenters. The van der Waals surface area contributed by atoms with E-state index in [2.05, 4.69) is 36.1 Å². The second-order valence-electron chi connectivity index (χ2n) is 7.08. The van der Waals surface area contributed by atoms with E-state index in [0.29, 0.717) is 5.92 Å². The van der Waals surface area contributed by atoms with Crippen molar-refractivity contribution in [3.63, 3.8) is 0 Å². The van der Waals surface area contributed by atoms with Gasteiger partial charge in [-0.1, -0.05) is 20.8 Å². The molecule has 0 saturated carbocycles. The smallest absolute Gasteiger partial charge is 0.257 e. The molecule has 0 fully saturated rings. The Bertz CT molecular complexity index is 1120. The van der Waals surface area contributed by atoms with Crippen LogP contribution in [0.3, 0.4) is 0 Å². The molecular formula is C20H21N5OS2. The van der Waals surface area contributed by atoms with Gasteiger partial charge in [-0.3, -0.25) is 13.9 Å². The van der Waals surface area contributed by atoms with E-state index >= 15 is 0 Å². The number of hydrogen-bond acceptors (Lipinski definition) is 6. The van der Waals surface area contributed by atoms with Gasteiger partial charge in [0.15, 0.2) is 10.3 Å². The van der Waals surface area contributed by atoms with Gasteiger partial charge in [-0.15, -0.1) is 22.7 Å². The first kappa shape index (κ1) is 18.8. The van der Waals surface area contributed by atoms with Gasteiger partial charge in [0.05, 0.1) is 11.4 Å². The molecule has 144 valence electrons. The third kappa shape index (κ3) is 3.83. The summed E-state index contributed by atoms with van der Waals surface area (Å²) in [7, 11) is 0. The molecule has 0 bridgehead atoms. The molecule has 0 spiro atoms. The van der Waals surface area contributed by atoms with Crippen LogP contribution in [0.25, 0.3) is 10.3 Å². The maximum absolute atomic E-state index is 12.6. The summed E-state index contributed by atoms with van der Waals surface area (Å²) in [6, 6.07) is 3.70. The average molecular weight is 412 g/mol. The molecule has 28 heavy (non-hydrogen) atoms. The molecule has 0 aliphatic carbocycles. The molecule has 4 aromatic rings.